The molecule has 0 N–H and O–H groups in total. The van der Waals surface area contributed by atoms with Gasteiger partial charge in [-0.1, -0.05) is 320 Å². The zero-order chi connectivity index (χ0) is 57.8. The second kappa shape index (κ2) is 68.9. The standard InChI is InChI=1S/C74H136O6/c1-4-7-10-13-16-19-22-25-27-28-29-30-31-32-33-34-35-36-37-38-39-40-41-42-43-44-45-46-47-50-52-55-58-61-64-67-73(76)79-70-71(69-78-72(75)66-63-60-57-54-51-48-24-21-18-15-12-9-6-3)80-74(77)68-65-62-59-56-53-49-26-23-20-17-14-11-8-5-2/h12,15,21,23-24,26,28-29,71H,4-11,13-14,16-20,22,25,27,30-70H2,1-3H3/b15-12-,24-21-,26-23-,29-28-. The summed E-state index contributed by atoms with van der Waals surface area (Å²) in [4.78, 5) is 38.3. The summed E-state index contributed by atoms with van der Waals surface area (Å²) in [7, 11) is 0. The summed E-state index contributed by atoms with van der Waals surface area (Å²) < 4.78 is 16.9. The Bertz CT molecular complexity index is 1380. The number of ether oxygens (including phenoxy) is 3. The largest absolute Gasteiger partial charge is 0.462 e. The molecule has 6 nitrogen and oxygen atoms in total. The Balaban J connectivity index is 4.04. The van der Waals surface area contributed by atoms with Gasteiger partial charge in [0.2, 0.25) is 0 Å². The maximum absolute atomic E-state index is 12.9. The Hall–Kier alpha value is -2.63. The molecule has 0 rings (SSSR count). The number of carbonyl (C=O) groups excluding carboxylic acids is 3. The van der Waals surface area contributed by atoms with Crippen molar-refractivity contribution in [2.24, 2.45) is 0 Å². The van der Waals surface area contributed by atoms with Gasteiger partial charge in [-0.3, -0.25) is 14.4 Å². The van der Waals surface area contributed by atoms with Gasteiger partial charge in [-0.2, -0.15) is 0 Å². The zero-order valence-electron chi connectivity index (χ0n) is 53.9. The van der Waals surface area contributed by atoms with Crippen molar-refractivity contribution in [3.63, 3.8) is 0 Å². The smallest absolute Gasteiger partial charge is 0.306 e. The van der Waals surface area contributed by atoms with Gasteiger partial charge in [-0.05, 0) is 96.3 Å². The van der Waals surface area contributed by atoms with Gasteiger partial charge in [0.15, 0.2) is 6.10 Å². The molecule has 0 aliphatic carbocycles. The summed E-state index contributed by atoms with van der Waals surface area (Å²) in [6.45, 7) is 6.60. The number of rotatable bonds is 66. The fourth-order valence-electron chi connectivity index (χ4n) is 10.7. The maximum Gasteiger partial charge on any atom is 0.306 e. The molecule has 0 aliphatic rings. The average Bonchev–Trinajstić information content (AvgIpc) is 3.46. The first-order valence-electron chi connectivity index (χ1n) is 35.6. The molecule has 0 bridgehead atoms. The third kappa shape index (κ3) is 66.2. The highest BCUT2D eigenvalue weighted by atomic mass is 16.6. The molecule has 1 atom stereocenters. The molecule has 1 unspecified atom stereocenters. The topological polar surface area (TPSA) is 78.9 Å². The molecule has 0 fully saturated rings. The molecular formula is C74H136O6. The summed E-state index contributed by atoms with van der Waals surface area (Å²) in [5.74, 6) is -0.880. The van der Waals surface area contributed by atoms with Crippen molar-refractivity contribution in [3.05, 3.63) is 48.6 Å². The van der Waals surface area contributed by atoms with E-state index in [1.807, 2.05) is 0 Å². The molecule has 0 aliphatic heterocycles. The van der Waals surface area contributed by atoms with Crippen LogP contribution in [0.3, 0.4) is 0 Å². The van der Waals surface area contributed by atoms with E-state index in [0.29, 0.717) is 19.3 Å². The Morgan fingerprint density at radius 2 is 0.475 bits per heavy atom. The molecule has 0 amide bonds. The lowest BCUT2D eigenvalue weighted by Crippen LogP contribution is -2.30. The van der Waals surface area contributed by atoms with Gasteiger partial charge in [0, 0.05) is 19.3 Å². The van der Waals surface area contributed by atoms with Crippen LogP contribution in [0.2, 0.25) is 0 Å². The lowest BCUT2D eigenvalue weighted by molar-refractivity contribution is -0.167. The molecule has 0 saturated heterocycles. The third-order valence-corrected chi connectivity index (χ3v) is 16.0. The van der Waals surface area contributed by atoms with E-state index in [1.165, 1.54) is 250 Å². The highest BCUT2D eigenvalue weighted by Gasteiger charge is 2.19. The van der Waals surface area contributed by atoms with Crippen molar-refractivity contribution in [1.82, 2.24) is 0 Å². The number of carbonyl (C=O) groups is 3. The van der Waals surface area contributed by atoms with Gasteiger partial charge in [0.1, 0.15) is 13.2 Å². The molecule has 0 aromatic rings. The predicted octanol–water partition coefficient (Wildman–Crippen LogP) is 24.5. The summed E-state index contributed by atoms with van der Waals surface area (Å²) in [6, 6.07) is 0. The van der Waals surface area contributed by atoms with Crippen LogP contribution in [0.15, 0.2) is 48.6 Å². The third-order valence-electron chi connectivity index (χ3n) is 16.0. The number of unbranched alkanes of at least 4 members (excludes halogenated alkanes) is 47. The lowest BCUT2D eigenvalue weighted by Gasteiger charge is -2.18. The van der Waals surface area contributed by atoms with Gasteiger partial charge in [-0.25, -0.2) is 0 Å². The number of hydrogen-bond acceptors (Lipinski definition) is 6. The van der Waals surface area contributed by atoms with Crippen LogP contribution in [0, 0.1) is 0 Å². The molecule has 80 heavy (non-hydrogen) atoms. The average molecular weight is 1120 g/mol. The zero-order valence-corrected chi connectivity index (χ0v) is 53.9. The summed E-state index contributed by atoms with van der Waals surface area (Å²) in [5.41, 5.74) is 0. The molecule has 468 valence electrons. The molecular weight excluding hydrogens is 985 g/mol. The van der Waals surface area contributed by atoms with E-state index >= 15 is 0 Å². The second-order valence-electron chi connectivity index (χ2n) is 24.1. The van der Waals surface area contributed by atoms with E-state index in [2.05, 4.69) is 69.4 Å². The Kier molecular flexibility index (Phi) is 66.6. The van der Waals surface area contributed by atoms with Crippen molar-refractivity contribution in [2.45, 2.75) is 393 Å². The molecule has 0 spiro atoms. The first-order valence-corrected chi connectivity index (χ1v) is 35.6. The highest BCUT2D eigenvalue weighted by Crippen LogP contribution is 2.18. The van der Waals surface area contributed by atoms with Gasteiger partial charge in [0.25, 0.3) is 0 Å². The Labute approximate surface area is 498 Å². The van der Waals surface area contributed by atoms with E-state index in [1.54, 1.807) is 0 Å². The van der Waals surface area contributed by atoms with E-state index in [9.17, 15) is 14.4 Å². The fraction of sp³-hybridized carbons (Fsp3) is 0.851. The van der Waals surface area contributed by atoms with Crippen molar-refractivity contribution in [1.29, 1.82) is 0 Å². The monoisotopic (exact) mass is 1120 g/mol. The normalized spacial score (nSPS) is 12.3. The van der Waals surface area contributed by atoms with Gasteiger partial charge >= 0.3 is 17.9 Å². The maximum atomic E-state index is 12.9. The number of hydrogen-bond donors (Lipinski definition) is 0. The van der Waals surface area contributed by atoms with Crippen LogP contribution < -0.4 is 0 Å². The van der Waals surface area contributed by atoms with Gasteiger partial charge in [0.05, 0.1) is 0 Å². The quantitative estimate of drug-likeness (QED) is 0.0261. The van der Waals surface area contributed by atoms with E-state index in [-0.39, 0.29) is 31.1 Å². The van der Waals surface area contributed by atoms with Crippen LogP contribution >= 0.6 is 0 Å². The van der Waals surface area contributed by atoms with Crippen molar-refractivity contribution in [2.75, 3.05) is 13.2 Å². The van der Waals surface area contributed by atoms with Crippen LogP contribution in [0.25, 0.3) is 0 Å². The van der Waals surface area contributed by atoms with Crippen LogP contribution in [0.1, 0.15) is 387 Å². The molecule has 0 heterocycles. The fourth-order valence-corrected chi connectivity index (χ4v) is 10.7. The minimum Gasteiger partial charge on any atom is -0.462 e. The highest BCUT2D eigenvalue weighted by molar-refractivity contribution is 5.71. The van der Waals surface area contributed by atoms with Crippen molar-refractivity contribution < 1.29 is 28.6 Å². The Morgan fingerprint density at radius 1 is 0.250 bits per heavy atom. The molecule has 0 saturated carbocycles. The van der Waals surface area contributed by atoms with E-state index in [4.69, 9.17) is 14.2 Å². The van der Waals surface area contributed by atoms with E-state index in [0.717, 1.165) is 96.3 Å². The molecule has 6 heteroatoms. The SMILES string of the molecule is CCC/C=C\C/C=C\CCCCCCCC(=O)OCC(COC(=O)CCCCCCCCCCCCCCCCCCCCCCCCC/C=C\CCCCCCCCCC)OC(=O)CCCCCCC/C=C\CCCCCCC. The Morgan fingerprint density at radius 3 is 0.750 bits per heavy atom. The van der Waals surface area contributed by atoms with Crippen molar-refractivity contribution in [3.8, 4) is 0 Å². The predicted molar refractivity (Wildman–Crippen MR) is 349 cm³/mol. The first-order chi connectivity index (χ1) is 39.5. The van der Waals surface area contributed by atoms with E-state index < -0.39 is 6.10 Å². The lowest BCUT2D eigenvalue weighted by atomic mass is 10.0. The number of esters is 3. The number of allylic oxidation sites excluding steroid dienone is 8. The minimum absolute atomic E-state index is 0.0773. The summed E-state index contributed by atoms with van der Waals surface area (Å²) >= 11 is 0. The van der Waals surface area contributed by atoms with Gasteiger partial charge in [-0.15, -0.1) is 0 Å². The van der Waals surface area contributed by atoms with Crippen LogP contribution in [0.4, 0.5) is 0 Å². The van der Waals surface area contributed by atoms with Crippen LogP contribution in [-0.4, -0.2) is 37.2 Å². The molecule has 0 radical (unpaired) electrons. The van der Waals surface area contributed by atoms with Crippen molar-refractivity contribution >= 4 is 17.9 Å². The first kappa shape index (κ1) is 77.4. The second-order valence-corrected chi connectivity index (χ2v) is 24.1. The molecule has 0 aromatic carbocycles. The van der Waals surface area contributed by atoms with Crippen LogP contribution in [0.5, 0.6) is 0 Å². The van der Waals surface area contributed by atoms with Gasteiger partial charge < -0.3 is 14.2 Å². The van der Waals surface area contributed by atoms with Crippen LogP contribution in [-0.2, 0) is 28.6 Å². The summed E-state index contributed by atoms with van der Waals surface area (Å²) in [6.07, 6.45) is 87.4. The summed E-state index contributed by atoms with van der Waals surface area (Å²) in [5, 5.41) is 0. The minimum atomic E-state index is -0.782. The molecule has 0 aromatic heterocycles.